The first-order valence-corrected chi connectivity index (χ1v) is 7.57. The maximum Gasteiger partial charge on any atom is 0.335 e. The zero-order valence-corrected chi connectivity index (χ0v) is 13.1. The van der Waals surface area contributed by atoms with Crippen LogP contribution in [0.5, 0.6) is 0 Å². The molecule has 0 aliphatic carbocycles. The number of carbonyl (C=O) groups excluding carboxylic acids is 1. The van der Waals surface area contributed by atoms with E-state index in [1.54, 1.807) is 30.9 Å². The molecule has 1 N–H and O–H groups in total. The average molecular weight is 313 g/mol. The molecule has 124 valence electrons. The Kier molecular flexibility index (Phi) is 7.80. The molecule has 1 aliphatic heterocycles. The summed E-state index contributed by atoms with van der Waals surface area (Å²) >= 11 is 0. The van der Waals surface area contributed by atoms with E-state index in [-0.39, 0.29) is 30.7 Å². The normalized spacial score (nSPS) is 22.5. The van der Waals surface area contributed by atoms with E-state index >= 15 is 0 Å². The summed E-state index contributed by atoms with van der Waals surface area (Å²) in [6, 6.07) is -0.221. The second-order valence-electron chi connectivity index (χ2n) is 5.21. The van der Waals surface area contributed by atoms with Crippen molar-refractivity contribution < 1.29 is 23.8 Å². The van der Waals surface area contributed by atoms with E-state index in [9.17, 15) is 14.0 Å². The van der Waals surface area contributed by atoms with Crippen LogP contribution in [0.15, 0.2) is 23.8 Å². The summed E-state index contributed by atoms with van der Waals surface area (Å²) in [6.07, 6.45) is 4.91. The molecule has 5 nitrogen and oxygen atoms in total. The Morgan fingerprint density at radius 2 is 2.18 bits per heavy atom. The summed E-state index contributed by atoms with van der Waals surface area (Å²) in [5.41, 5.74) is 0.221. The molecule has 2 unspecified atom stereocenters. The minimum absolute atomic E-state index is 0.0603. The van der Waals surface area contributed by atoms with Crippen molar-refractivity contribution in [2.75, 3.05) is 19.8 Å². The molecule has 0 aromatic heterocycles. The third kappa shape index (κ3) is 5.60. The molecule has 1 fully saturated rings. The molecule has 0 aromatic rings. The summed E-state index contributed by atoms with van der Waals surface area (Å²) in [5.74, 6) is -1.04. The maximum absolute atomic E-state index is 13.4. The number of carboxylic acid groups (broad SMARTS) is 1. The van der Waals surface area contributed by atoms with E-state index in [0.717, 1.165) is 0 Å². The van der Waals surface area contributed by atoms with Crippen LogP contribution in [0.2, 0.25) is 0 Å². The largest absolute Gasteiger partial charge is 0.478 e. The number of rotatable bonds is 8. The second-order valence-corrected chi connectivity index (χ2v) is 5.21. The van der Waals surface area contributed by atoms with Crippen molar-refractivity contribution >= 4 is 11.9 Å². The van der Waals surface area contributed by atoms with Crippen LogP contribution in [0, 0.1) is 0 Å². The Bertz CT molecular complexity index is 447. The molecule has 1 heterocycles. The fraction of sp³-hybridized carbons (Fsp3) is 0.625. The van der Waals surface area contributed by atoms with Crippen LogP contribution < -0.4 is 0 Å². The van der Waals surface area contributed by atoms with Gasteiger partial charge in [0.1, 0.15) is 6.17 Å². The number of nitrogens with zero attached hydrogens (tertiary/aromatic N) is 1. The maximum atomic E-state index is 13.4. The fourth-order valence-electron chi connectivity index (χ4n) is 2.45. The monoisotopic (exact) mass is 313 g/mol. The number of likely N-dealkylation sites (tertiary alicyclic amines) is 1. The van der Waals surface area contributed by atoms with Crippen molar-refractivity contribution in [3.05, 3.63) is 23.8 Å². The summed E-state index contributed by atoms with van der Waals surface area (Å²) in [6.45, 7) is 4.28. The summed E-state index contributed by atoms with van der Waals surface area (Å²) in [5, 5.41) is 8.94. The minimum Gasteiger partial charge on any atom is -0.478 e. The van der Waals surface area contributed by atoms with Crippen LogP contribution in [0.1, 0.15) is 33.1 Å². The van der Waals surface area contributed by atoms with Crippen molar-refractivity contribution in [1.82, 2.24) is 4.90 Å². The van der Waals surface area contributed by atoms with Crippen LogP contribution in [-0.4, -0.2) is 53.9 Å². The van der Waals surface area contributed by atoms with Crippen LogP contribution >= 0.6 is 0 Å². The number of hydrogen-bond donors (Lipinski definition) is 1. The van der Waals surface area contributed by atoms with E-state index in [1.165, 1.54) is 6.08 Å². The van der Waals surface area contributed by atoms with Crippen LogP contribution in [-0.2, 0) is 14.3 Å². The standard InChI is InChI=1S/C16H24FNO4/c1-3-6-12(16(20)21)7-5-8-22-11-14-9-13(17)10-18(14)15(19)4-2/h3,6-7,13-14H,4-5,8-11H2,1-2H3,(H,20,21)/b6-3-,12-7+. The Hall–Kier alpha value is -1.69. The molecule has 0 radical (unpaired) electrons. The van der Waals surface area contributed by atoms with E-state index in [0.29, 0.717) is 25.9 Å². The molecule has 1 amide bonds. The van der Waals surface area contributed by atoms with Gasteiger partial charge in [0, 0.05) is 12.8 Å². The number of hydrogen-bond acceptors (Lipinski definition) is 3. The Morgan fingerprint density at radius 3 is 2.77 bits per heavy atom. The van der Waals surface area contributed by atoms with Gasteiger partial charge in [-0.15, -0.1) is 0 Å². The molecular weight excluding hydrogens is 289 g/mol. The minimum atomic E-state index is -0.989. The second kappa shape index (κ2) is 9.35. The molecule has 0 saturated carbocycles. The van der Waals surface area contributed by atoms with E-state index in [2.05, 4.69) is 0 Å². The van der Waals surface area contributed by atoms with Gasteiger partial charge in [0.25, 0.3) is 0 Å². The van der Waals surface area contributed by atoms with Gasteiger partial charge in [-0.1, -0.05) is 25.2 Å². The number of carboxylic acids is 1. The fourth-order valence-corrected chi connectivity index (χ4v) is 2.45. The molecule has 22 heavy (non-hydrogen) atoms. The predicted molar refractivity (Wildman–Crippen MR) is 81.3 cm³/mol. The van der Waals surface area contributed by atoms with Crippen LogP contribution in [0.4, 0.5) is 4.39 Å². The van der Waals surface area contributed by atoms with Gasteiger partial charge in [-0.3, -0.25) is 4.79 Å². The zero-order valence-electron chi connectivity index (χ0n) is 13.1. The third-order valence-corrected chi connectivity index (χ3v) is 3.52. The highest BCUT2D eigenvalue weighted by atomic mass is 19.1. The molecule has 1 rings (SSSR count). The summed E-state index contributed by atoms with van der Waals surface area (Å²) in [7, 11) is 0. The first-order valence-electron chi connectivity index (χ1n) is 7.57. The van der Waals surface area contributed by atoms with E-state index < -0.39 is 12.1 Å². The molecule has 0 aromatic carbocycles. The molecule has 0 bridgehead atoms. The number of halogens is 1. The lowest BCUT2D eigenvalue weighted by molar-refractivity contribution is -0.133. The Morgan fingerprint density at radius 1 is 1.45 bits per heavy atom. The SMILES string of the molecule is C/C=C\C(=C/CCOCC1CC(F)CN1C(=O)CC)C(=O)O. The molecule has 1 saturated heterocycles. The predicted octanol–water partition coefficient (Wildman–Crippen LogP) is 2.33. The molecule has 2 atom stereocenters. The highest BCUT2D eigenvalue weighted by Gasteiger charge is 2.34. The summed E-state index contributed by atoms with van der Waals surface area (Å²) in [4.78, 5) is 24.2. The van der Waals surface area contributed by atoms with Gasteiger partial charge in [-0.2, -0.15) is 0 Å². The smallest absolute Gasteiger partial charge is 0.335 e. The highest BCUT2D eigenvalue weighted by Crippen LogP contribution is 2.21. The Labute approximate surface area is 130 Å². The van der Waals surface area contributed by atoms with Crippen molar-refractivity contribution in [1.29, 1.82) is 0 Å². The topological polar surface area (TPSA) is 66.8 Å². The number of alkyl halides is 1. The van der Waals surface area contributed by atoms with Crippen molar-refractivity contribution in [3.63, 3.8) is 0 Å². The highest BCUT2D eigenvalue weighted by molar-refractivity contribution is 5.89. The summed E-state index contributed by atoms with van der Waals surface area (Å²) < 4.78 is 18.9. The zero-order chi connectivity index (χ0) is 16.5. The lowest BCUT2D eigenvalue weighted by Crippen LogP contribution is -2.38. The molecule has 0 spiro atoms. The van der Waals surface area contributed by atoms with Crippen molar-refractivity contribution in [2.24, 2.45) is 0 Å². The van der Waals surface area contributed by atoms with Crippen LogP contribution in [0.25, 0.3) is 0 Å². The van der Waals surface area contributed by atoms with Crippen molar-refractivity contribution in [3.8, 4) is 0 Å². The van der Waals surface area contributed by atoms with E-state index in [1.807, 2.05) is 0 Å². The van der Waals surface area contributed by atoms with E-state index in [4.69, 9.17) is 9.84 Å². The van der Waals surface area contributed by atoms with Crippen LogP contribution in [0.3, 0.4) is 0 Å². The average Bonchev–Trinajstić information content (AvgIpc) is 2.85. The lowest BCUT2D eigenvalue weighted by atomic mass is 10.2. The number of aliphatic carboxylic acids is 1. The van der Waals surface area contributed by atoms with Gasteiger partial charge in [0.05, 0.1) is 31.4 Å². The number of ether oxygens (including phenoxy) is 1. The van der Waals surface area contributed by atoms with Crippen molar-refractivity contribution in [2.45, 2.75) is 45.3 Å². The molecule has 1 aliphatic rings. The van der Waals surface area contributed by atoms with Gasteiger partial charge < -0.3 is 14.7 Å². The lowest BCUT2D eigenvalue weighted by Gasteiger charge is -2.23. The third-order valence-electron chi connectivity index (χ3n) is 3.52. The number of amides is 1. The van der Waals surface area contributed by atoms with Gasteiger partial charge in [-0.05, 0) is 13.3 Å². The van der Waals surface area contributed by atoms with Gasteiger partial charge in [0.15, 0.2) is 0 Å². The molecular formula is C16H24FNO4. The molecule has 6 heteroatoms. The Balaban J connectivity index is 2.38. The number of carbonyl (C=O) groups is 2. The van der Waals surface area contributed by atoms with Gasteiger partial charge in [-0.25, -0.2) is 9.18 Å². The number of allylic oxidation sites excluding steroid dienone is 1. The first kappa shape index (κ1) is 18.4. The first-order chi connectivity index (χ1) is 10.5. The quantitative estimate of drug-likeness (QED) is 0.424. The van der Waals surface area contributed by atoms with Gasteiger partial charge in [0.2, 0.25) is 5.91 Å². The van der Waals surface area contributed by atoms with Gasteiger partial charge >= 0.3 is 5.97 Å².